The van der Waals surface area contributed by atoms with Crippen molar-refractivity contribution in [1.29, 1.82) is 0 Å². The lowest BCUT2D eigenvalue weighted by atomic mass is 10.3. The molecule has 0 aliphatic carbocycles. The van der Waals surface area contributed by atoms with Crippen molar-refractivity contribution in [3.8, 4) is 0 Å². The molecule has 1 aromatic rings. The summed E-state index contributed by atoms with van der Waals surface area (Å²) in [5.74, 6) is 0.0926. The molecule has 0 fully saturated rings. The number of aromatic amines is 1. The molecule has 0 atom stereocenters. The molecule has 0 saturated carbocycles. The van der Waals surface area contributed by atoms with Gasteiger partial charge in [-0.25, -0.2) is 8.42 Å². The van der Waals surface area contributed by atoms with Crippen LogP contribution in [0.4, 0.5) is 5.69 Å². The fraction of sp³-hybridized carbons (Fsp3) is 0.571. The van der Waals surface area contributed by atoms with E-state index in [4.69, 9.17) is 5.73 Å². The Morgan fingerprint density at radius 2 is 2.29 bits per heavy atom. The third-order valence-corrected chi connectivity index (χ3v) is 3.01. The zero-order chi connectivity index (χ0) is 10.4. The molecule has 0 unspecified atom stereocenters. The van der Waals surface area contributed by atoms with Gasteiger partial charge in [0.2, 0.25) is 10.0 Å². The molecule has 1 rings (SSSR count). The first-order chi connectivity index (χ1) is 6.64. The minimum absolute atomic E-state index is 0.0926. The van der Waals surface area contributed by atoms with Crippen LogP contribution in [0.1, 0.15) is 12.8 Å². The number of nitrogens with one attached hydrogen (secondary N) is 2. The fourth-order valence-electron chi connectivity index (χ4n) is 0.974. The number of hydrogen-bond acceptors (Lipinski definition) is 4. The van der Waals surface area contributed by atoms with Crippen LogP contribution in [0.5, 0.6) is 0 Å². The number of H-pyrrole nitrogens is 1. The maximum atomic E-state index is 11.4. The van der Waals surface area contributed by atoms with E-state index < -0.39 is 10.0 Å². The van der Waals surface area contributed by atoms with Gasteiger partial charge in [-0.1, -0.05) is 0 Å². The number of rotatable bonds is 6. The quantitative estimate of drug-likeness (QED) is 0.580. The molecule has 0 radical (unpaired) electrons. The van der Waals surface area contributed by atoms with Crippen molar-refractivity contribution < 1.29 is 8.42 Å². The molecule has 1 heterocycles. The van der Waals surface area contributed by atoms with Crippen LogP contribution in [0.2, 0.25) is 0 Å². The summed E-state index contributed by atoms with van der Waals surface area (Å²) in [7, 11) is -3.24. The van der Waals surface area contributed by atoms with Gasteiger partial charge in [0.25, 0.3) is 0 Å². The molecule has 0 aliphatic heterocycles. The van der Waals surface area contributed by atoms with E-state index in [2.05, 4.69) is 14.9 Å². The second-order valence-electron chi connectivity index (χ2n) is 2.90. The van der Waals surface area contributed by atoms with Crippen molar-refractivity contribution in [3.63, 3.8) is 0 Å². The van der Waals surface area contributed by atoms with Crippen molar-refractivity contribution in [3.05, 3.63) is 12.4 Å². The first kappa shape index (κ1) is 11.0. The minimum atomic E-state index is -3.24. The Hall–Kier alpha value is -1.08. The molecular weight excluding hydrogens is 204 g/mol. The normalized spacial score (nSPS) is 11.5. The van der Waals surface area contributed by atoms with Crippen LogP contribution in [0.3, 0.4) is 0 Å². The predicted octanol–water partition coefficient (Wildman–Crippen LogP) is -0.110. The van der Waals surface area contributed by atoms with E-state index in [0.29, 0.717) is 25.1 Å². The highest BCUT2D eigenvalue weighted by molar-refractivity contribution is 7.92. The molecule has 80 valence electrons. The Bertz CT molecular complexity index is 346. The van der Waals surface area contributed by atoms with Crippen molar-refractivity contribution >= 4 is 15.7 Å². The highest BCUT2D eigenvalue weighted by Gasteiger charge is 2.09. The zero-order valence-corrected chi connectivity index (χ0v) is 8.55. The summed E-state index contributed by atoms with van der Waals surface area (Å²) in [6.45, 7) is 0.515. The number of hydrogen-bond donors (Lipinski definition) is 3. The molecule has 0 aromatic carbocycles. The number of aromatic nitrogens is 2. The van der Waals surface area contributed by atoms with E-state index in [1.807, 2.05) is 0 Å². The lowest BCUT2D eigenvalue weighted by molar-refractivity contribution is 0.597. The van der Waals surface area contributed by atoms with Crippen LogP contribution in [0.25, 0.3) is 0 Å². The Labute approximate surface area is 82.9 Å². The summed E-state index contributed by atoms with van der Waals surface area (Å²) in [5, 5.41) is 6.15. The number of nitrogens with zero attached hydrogens (tertiary/aromatic N) is 1. The van der Waals surface area contributed by atoms with E-state index in [-0.39, 0.29) is 5.75 Å². The van der Waals surface area contributed by atoms with Gasteiger partial charge in [-0.3, -0.25) is 9.82 Å². The van der Waals surface area contributed by atoms with Crippen molar-refractivity contribution in [2.24, 2.45) is 5.73 Å². The molecule has 6 nitrogen and oxygen atoms in total. The summed E-state index contributed by atoms with van der Waals surface area (Å²) in [6.07, 6.45) is 4.19. The lowest BCUT2D eigenvalue weighted by Crippen LogP contribution is -2.17. The van der Waals surface area contributed by atoms with Crippen LogP contribution in [-0.2, 0) is 10.0 Å². The second-order valence-corrected chi connectivity index (χ2v) is 4.75. The Morgan fingerprint density at radius 1 is 1.50 bits per heavy atom. The molecule has 0 aliphatic rings. The maximum absolute atomic E-state index is 11.4. The van der Waals surface area contributed by atoms with Crippen LogP contribution in [0.15, 0.2) is 12.4 Å². The van der Waals surface area contributed by atoms with Crippen molar-refractivity contribution in [2.75, 3.05) is 17.0 Å². The number of anilines is 1. The standard InChI is InChI=1S/C7H14N4O2S/c8-3-1-2-4-14(12,13)11-7-5-9-10-6-7/h5-6,11H,1-4,8H2,(H,9,10). The molecule has 1 aromatic heterocycles. The lowest BCUT2D eigenvalue weighted by Gasteiger charge is -2.04. The Morgan fingerprint density at radius 3 is 2.86 bits per heavy atom. The van der Waals surface area contributed by atoms with E-state index in [1.54, 1.807) is 0 Å². The van der Waals surface area contributed by atoms with Crippen LogP contribution < -0.4 is 10.5 Å². The van der Waals surface area contributed by atoms with Gasteiger partial charge in [-0.2, -0.15) is 5.10 Å². The summed E-state index contributed by atoms with van der Waals surface area (Å²) in [5.41, 5.74) is 5.72. The molecule has 0 bridgehead atoms. The largest absolute Gasteiger partial charge is 0.330 e. The van der Waals surface area contributed by atoms with Crippen LogP contribution in [0, 0.1) is 0 Å². The van der Waals surface area contributed by atoms with Gasteiger partial charge in [-0.15, -0.1) is 0 Å². The van der Waals surface area contributed by atoms with E-state index in [1.165, 1.54) is 12.4 Å². The first-order valence-corrected chi connectivity index (χ1v) is 5.98. The van der Waals surface area contributed by atoms with Crippen LogP contribution >= 0.6 is 0 Å². The molecule has 0 spiro atoms. The third-order valence-electron chi connectivity index (χ3n) is 1.64. The predicted molar refractivity (Wildman–Crippen MR) is 54.3 cm³/mol. The summed E-state index contributed by atoms with van der Waals surface area (Å²) in [4.78, 5) is 0. The molecule has 4 N–H and O–H groups in total. The van der Waals surface area contributed by atoms with Crippen molar-refractivity contribution in [1.82, 2.24) is 10.2 Å². The summed E-state index contributed by atoms with van der Waals surface area (Å²) >= 11 is 0. The van der Waals surface area contributed by atoms with Crippen molar-refractivity contribution in [2.45, 2.75) is 12.8 Å². The SMILES string of the molecule is NCCCCS(=O)(=O)Nc1cn[nH]c1. The topological polar surface area (TPSA) is 101 Å². The summed E-state index contributed by atoms with van der Waals surface area (Å²) in [6, 6.07) is 0. The summed E-state index contributed by atoms with van der Waals surface area (Å²) < 4.78 is 25.2. The highest BCUT2D eigenvalue weighted by atomic mass is 32.2. The second kappa shape index (κ2) is 4.97. The number of sulfonamides is 1. The maximum Gasteiger partial charge on any atom is 0.232 e. The smallest absolute Gasteiger partial charge is 0.232 e. The first-order valence-electron chi connectivity index (χ1n) is 4.33. The average molecular weight is 218 g/mol. The molecule has 7 heteroatoms. The molecule has 0 saturated heterocycles. The van der Waals surface area contributed by atoms with E-state index in [0.717, 1.165) is 0 Å². The number of unbranched alkanes of at least 4 members (excludes halogenated alkanes) is 1. The average Bonchev–Trinajstić information content (AvgIpc) is 2.56. The van der Waals surface area contributed by atoms with Gasteiger partial charge in [0.05, 0.1) is 17.6 Å². The zero-order valence-electron chi connectivity index (χ0n) is 7.73. The molecule has 0 amide bonds. The Balaban J connectivity index is 2.42. The molecule has 14 heavy (non-hydrogen) atoms. The van der Waals surface area contributed by atoms with E-state index >= 15 is 0 Å². The third kappa shape index (κ3) is 3.75. The molecular formula is C7H14N4O2S. The van der Waals surface area contributed by atoms with Gasteiger partial charge < -0.3 is 5.73 Å². The number of nitrogens with two attached hydrogens (primary N) is 1. The van der Waals surface area contributed by atoms with Gasteiger partial charge in [0.15, 0.2) is 0 Å². The highest BCUT2D eigenvalue weighted by Crippen LogP contribution is 2.06. The van der Waals surface area contributed by atoms with Crippen LogP contribution in [-0.4, -0.2) is 30.9 Å². The van der Waals surface area contributed by atoms with Gasteiger partial charge in [0.1, 0.15) is 0 Å². The minimum Gasteiger partial charge on any atom is -0.330 e. The monoisotopic (exact) mass is 218 g/mol. The van der Waals surface area contributed by atoms with E-state index in [9.17, 15) is 8.42 Å². The van der Waals surface area contributed by atoms with Gasteiger partial charge in [0, 0.05) is 6.20 Å². The van der Waals surface area contributed by atoms with Gasteiger partial charge in [-0.05, 0) is 19.4 Å². The fourth-order valence-corrected chi connectivity index (χ4v) is 2.13. The van der Waals surface area contributed by atoms with Gasteiger partial charge >= 0.3 is 0 Å². The Kier molecular flexibility index (Phi) is 3.90.